The van der Waals surface area contributed by atoms with Crippen LogP contribution < -0.4 is 0 Å². The highest BCUT2D eigenvalue weighted by Crippen LogP contribution is 2.21. The van der Waals surface area contributed by atoms with Crippen LogP contribution >= 0.6 is 0 Å². The van der Waals surface area contributed by atoms with Gasteiger partial charge in [-0.2, -0.15) is 0 Å². The van der Waals surface area contributed by atoms with Crippen molar-refractivity contribution in [2.24, 2.45) is 0 Å². The van der Waals surface area contributed by atoms with Gasteiger partial charge in [-0.1, -0.05) is 76.2 Å². The molecule has 22 heavy (non-hydrogen) atoms. The lowest BCUT2D eigenvalue weighted by atomic mass is 10.1. The van der Waals surface area contributed by atoms with Crippen molar-refractivity contribution in [3.63, 3.8) is 0 Å². The molecule has 0 saturated carbocycles. The summed E-state index contributed by atoms with van der Waals surface area (Å²) in [6, 6.07) is 9.52. The van der Waals surface area contributed by atoms with E-state index >= 15 is 0 Å². The Morgan fingerprint density at radius 1 is 1.14 bits per heavy atom. The maximum atomic E-state index is 12.3. The normalized spacial score (nSPS) is 14.6. The van der Waals surface area contributed by atoms with Crippen LogP contribution in [0.25, 0.3) is 0 Å². The summed E-state index contributed by atoms with van der Waals surface area (Å²) in [4.78, 5) is 12.3. The van der Waals surface area contributed by atoms with Gasteiger partial charge in [0.2, 0.25) is 0 Å². The Morgan fingerprint density at radius 2 is 1.77 bits per heavy atom. The standard InChI is InChI=1S/C19H32O2Si/c1-6-7-9-14-19(22(3,4)5)21-16(2)15-18(20)17-12-10-8-11-13-17/h8,10-13,16,19H,6-7,9,14-15H2,1-5H3/t16-,19+/m1/s1. The van der Waals surface area contributed by atoms with Gasteiger partial charge in [0.05, 0.1) is 14.2 Å². The summed E-state index contributed by atoms with van der Waals surface area (Å²) in [7, 11) is -1.36. The van der Waals surface area contributed by atoms with Crippen LogP contribution in [-0.2, 0) is 4.74 Å². The molecule has 0 bridgehead atoms. The van der Waals surface area contributed by atoms with Crippen LogP contribution in [-0.4, -0.2) is 25.7 Å². The molecule has 0 saturated heterocycles. The highest BCUT2D eigenvalue weighted by atomic mass is 28.3. The first-order chi connectivity index (χ1) is 10.3. The van der Waals surface area contributed by atoms with Gasteiger partial charge in [0.25, 0.3) is 0 Å². The van der Waals surface area contributed by atoms with E-state index in [1.807, 2.05) is 37.3 Å². The van der Waals surface area contributed by atoms with Crippen molar-refractivity contribution < 1.29 is 9.53 Å². The molecule has 0 aliphatic heterocycles. The maximum absolute atomic E-state index is 12.3. The van der Waals surface area contributed by atoms with Crippen molar-refractivity contribution in [3.8, 4) is 0 Å². The van der Waals surface area contributed by atoms with Gasteiger partial charge in [-0.15, -0.1) is 0 Å². The third-order valence-electron chi connectivity index (χ3n) is 4.00. The van der Waals surface area contributed by atoms with Gasteiger partial charge in [-0.05, 0) is 13.3 Å². The minimum Gasteiger partial charge on any atom is -0.378 e. The molecule has 0 heterocycles. The van der Waals surface area contributed by atoms with E-state index in [0.717, 1.165) is 12.0 Å². The number of ether oxygens (including phenoxy) is 1. The fourth-order valence-corrected chi connectivity index (χ4v) is 4.33. The Balaban J connectivity index is 2.55. The highest BCUT2D eigenvalue weighted by molar-refractivity contribution is 6.77. The summed E-state index contributed by atoms with van der Waals surface area (Å²) in [6.45, 7) is 11.3. The lowest BCUT2D eigenvalue weighted by Crippen LogP contribution is -2.42. The lowest BCUT2D eigenvalue weighted by Gasteiger charge is -2.31. The molecule has 0 radical (unpaired) electrons. The van der Waals surface area contributed by atoms with Crippen molar-refractivity contribution in [1.29, 1.82) is 0 Å². The molecule has 1 rings (SSSR count). The zero-order chi connectivity index (χ0) is 16.6. The van der Waals surface area contributed by atoms with Crippen LogP contribution in [0.3, 0.4) is 0 Å². The Kier molecular flexibility index (Phi) is 8.05. The van der Waals surface area contributed by atoms with E-state index in [4.69, 9.17) is 4.74 Å². The van der Waals surface area contributed by atoms with Crippen molar-refractivity contribution in [2.75, 3.05) is 0 Å². The topological polar surface area (TPSA) is 26.3 Å². The number of benzene rings is 1. The monoisotopic (exact) mass is 320 g/mol. The van der Waals surface area contributed by atoms with E-state index in [9.17, 15) is 4.79 Å². The van der Waals surface area contributed by atoms with E-state index in [0.29, 0.717) is 12.1 Å². The molecule has 3 heteroatoms. The zero-order valence-electron chi connectivity index (χ0n) is 14.9. The largest absolute Gasteiger partial charge is 0.378 e. The third kappa shape index (κ3) is 6.88. The summed E-state index contributed by atoms with van der Waals surface area (Å²) in [5.41, 5.74) is 1.13. The maximum Gasteiger partial charge on any atom is 0.165 e. The smallest absolute Gasteiger partial charge is 0.165 e. The molecule has 0 unspecified atom stereocenters. The highest BCUT2D eigenvalue weighted by Gasteiger charge is 2.29. The fraction of sp³-hybridized carbons (Fsp3) is 0.632. The summed E-state index contributed by atoms with van der Waals surface area (Å²) in [6.07, 6.45) is 5.32. The predicted octanol–water partition coefficient (Wildman–Crippen LogP) is 5.49. The number of ketones is 1. The van der Waals surface area contributed by atoms with Crippen LogP contribution in [0.15, 0.2) is 30.3 Å². The first-order valence-corrected chi connectivity index (χ1v) is 12.2. The van der Waals surface area contributed by atoms with Gasteiger partial charge in [0, 0.05) is 17.7 Å². The Bertz CT molecular complexity index is 436. The van der Waals surface area contributed by atoms with Crippen molar-refractivity contribution in [1.82, 2.24) is 0 Å². The summed E-state index contributed by atoms with van der Waals surface area (Å²) >= 11 is 0. The molecule has 0 fully saturated rings. The molecule has 1 aromatic rings. The van der Waals surface area contributed by atoms with Crippen molar-refractivity contribution in [3.05, 3.63) is 35.9 Å². The average molecular weight is 321 g/mol. The number of hydrogen-bond acceptors (Lipinski definition) is 2. The zero-order valence-corrected chi connectivity index (χ0v) is 15.9. The fourth-order valence-electron chi connectivity index (χ4n) is 2.62. The van der Waals surface area contributed by atoms with Crippen LogP contribution in [0.5, 0.6) is 0 Å². The number of carbonyl (C=O) groups excluding carboxylic acids is 1. The summed E-state index contributed by atoms with van der Waals surface area (Å²) in [5.74, 6) is 0.177. The molecule has 2 atom stereocenters. The van der Waals surface area contributed by atoms with Gasteiger partial charge in [-0.25, -0.2) is 0 Å². The number of Topliss-reactive ketones (excluding diaryl/α,β-unsaturated/α-hetero) is 1. The number of carbonyl (C=O) groups is 1. The van der Waals surface area contributed by atoms with Crippen LogP contribution in [0.1, 0.15) is 56.3 Å². The molecule has 2 nitrogen and oxygen atoms in total. The van der Waals surface area contributed by atoms with Gasteiger partial charge >= 0.3 is 0 Å². The first kappa shape index (κ1) is 19.1. The second kappa shape index (κ2) is 9.26. The van der Waals surface area contributed by atoms with Crippen LogP contribution in [0, 0.1) is 0 Å². The molecule has 1 aromatic carbocycles. The second-order valence-electron chi connectivity index (χ2n) is 7.29. The molecule has 124 valence electrons. The third-order valence-corrected chi connectivity index (χ3v) is 6.36. The Hall–Kier alpha value is -0.933. The molecule has 0 N–H and O–H groups in total. The molecule has 0 aliphatic carbocycles. The van der Waals surface area contributed by atoms with E-state index in [1.54, 1.807) is 0 Å². The first-order valence-electron chi connectivity index (χ1n) is 8.58. The minimum atomic E-state index is -1.36. The van der Waals surface area contributed by atoms with Gasteiger partial charge < -0.3 is 4.74 Å². The van der Waals surface area contributed by atoms with E-state index in [-0.39, 0.29) is 11.9 Å². The molecule has 0 aromatic heterocycles. The van der Waals surface area contributed by atoms with Gasteiger partial charge in [0.1, 0.15) is 0 Å². The SMILES string of the molecule is CCCCC[C@@H](O[C@H](C)CC(=O)c1ccccc1)[Si](C)(C)C. The Morgan fingerprint density at radius 3 is 2.32 bits per heavy atom. The van der Waals surface area contributed by atoms with Crippen molar-refractivity contribution >= 4 is 13.9 Å². The van der Waals surface area contributed by atoms with Gasteiger partial charge in [0.15, 0.2) is 5.78 Å². The van der Waals surface area contributed by atoms with Crippen molar-refractivity contribution in [2.45, 2.75) is 77.4 Å². The molecule has 0 amide bonds. The summed E-state index contributed by atoms with van der Waals surface area (Å²) < 4.78 is 6.29. The van der Waals surface area contributed by atoms with E-state index in [1.165, 1.54) is 19.3 Å². The van der Waals surface area contributed by atoms with Crippen LogP contribution in [0.2, 0.25) is 19.6 Å². The number of hydrogen-bond donors (Lipinski definition) is 0. The minimum absolute atomic E-state index is 0.00828. The molecular formula is C19H32O2Si. The van der Waals surface area contributed by atoms with Crippen LogP contribution in [0.4, 0.5) is 0 Å². The van der Waals surface area contributed by atoms with E-state index in [2.05, 4.69) is 26.6 Å². The van der Waals surface area contributed by atoms with Gasteiger partial charge in [-0.3, -0.25) is 4.79 Å². The average Bonchev–Trinajstić information content (AvgIpc) is 2.46. The predicted molar refractivity (Wildman–Crippen MR) is 97.2 cm³/mol. The van der Waals surface area contributed by atoms with E-state index < -0.39 is 8.07 Å². The summed E-state index contributed by atoms with van der Waals surface area (Å²) in [5, 5.41) is 0. The second-order valence-corrected chi connectivity index (χ2v) is 12.7. The lowest BCUT2D eigenvalue weighted by molar-refractivity contribution is 0.0266. The molecular weight excluding hydrogens is 288 g/mol. The Labute approximate surface area is 137 Å². The quantitative estimate of drug-likeness (QED) is 0.324. The molecule has 0 aliphatic rings. The number of rotatable bonds is 10. The molecule has 0 spiro atoms. The number of unbranched alkanes of at least 4 members (excludes halogenated alkanes) is 2.